The molecule has 1 aromatic heterocycles. The van der Waals surface area contributed by atoms with Gasteiger partial charge in [0.25, 0.3) is 0 Å². The van der Waals surface area contributed by atoms with Crippen LogP contribution in [0.3, 0.4) is 0 Å². The summed E-state index contributed by atoms with van der Waals surface area (Å²) < 4.78 is 55.4. The Hall–Kier alpha value is -3.76. The van der Waals surface area contributed by atoms with Crippen LogP contribution in [0.2, 0.25) is 0 Å². The van der Waals surface area contributed by atoms with E-state index in [0.29, 0.717) is 12.8 Å². The Labute approximate surface area is 239 Å². The van der Waals surface area contributed by atoms with Gasteiger partial charge in [0.2, 0.25) is 6.79 Å². The van der Waals surface area contributed by atoms with Gasteiger partial charge in [-0.05, 0) is 43.7 Å². The van der Waals surface area contributed by atoms with Crippen LogP contribution in [0.25, 0.3) is 0 Å². The molecule has 0 fully saturated rings. The van der Waals surface area contributed by atoms with Crippen LogP contribution in [-0.2, 0) is 19.1 Å². The van der Waals surface area contributed by atoms with Crippen LogP contribution < -0.4 is 14.2 Å². The van der Waals surface area contributed by atoms with Gasteiger partial charge in [-0.2, -0.15) is 0 Å². The van der Waals surface area contributed by atoms with Gasteiger partial charge in [0.1, 0.15) is 18.0 Å². The van der Waals surface area contributed by atoms with Crippen LogP contribution in [0.1, 0.15) is 71.3 Å². The second-order valence-electron chi connectivity index (χ2n) is 9.94. The average Bonchev–Trinajstić information content (AvgIpc) is 2.92. The van der Waals surface area contributed by atoms with Crippen LogP contribution in [0.15, 0.2) is 30.5 Å². The van der Waals surface area contributed by atoms with E-state index in [1.807, 2.05) is 13.8 Å². The Morgan fingerprint density at radius 1 is 1.00 bits per heavy atom. The van der Waals surface area contributed by atoms with Crippen LogP contribution in [-0.4, -0.2) is 48.8 Å². The molecule has 0 bridgehead atoms. The molecule has 11 heteroatoms. The third-order valence-electron chi connectivity index (χ3n) is 6.77. The van der Waals surface area contributed by atoms with E-state index >= 15 is 0 Å². The summed E-state index contributed by atoms with van der Waals surface area (Å²) in [5.74, 6) is -4.52. The molecule has 9 nitrogen and oxygen atoms in total. The van der Waals surface area contributed by atoms with Gasteiger partial charge in [-0.15, -0.1) is 0 Å². The summed E-state index contributed by atoms with van der Waals surface area (Å²) in [7, 11) is 1.38. The standard InChI is InChI=1S/C30H39F2NO8/c1-8-20(9-2)28(41-26-14-21(31)10-11-23(26)32)18(5)40-30(36)22(17(3)4)15-24(35)27-29(39-16-38-19(6)34)25(37-7)12-13-33-27/h10-14,17-18,20,22,28H,8-9,15-16H2,1-7H3/t18-,22-,28-/m0/s1. The number of carbonyl (C=O) groups is 3. The number of rotatable bonds is 16. The van der Waals surface area contributed by atoms with Gasteiger partial charge in [-0.3, -0.25) is 14.4 Å². The van der Waals surface area contributed by atoms with Gasteiger partial charge < -0.3 is 23.7 Å². The van der Waals surface area contributed by atoms with Crippen LogP contribution >= 0.6 is 0 Å². The Morgan fingerprint density at radius 3 is 2.27 bits per heavy atom. The number of halogens is 2. The van der Waals surface area contributed by atoms with Crippen molar-refractivity contribution in [1.82, 2.24) is 4.98 Å². The summed E-state index contributed by atoms with van der Waals surface area (Å²) in [6.07, 6.45) is 0.771. The number of ether oxygens (including phenoxy) is 5. The SMILES string of the molecule is CCC(CC)[C@@H](Oc1cc(F)ccc1F)[C@H](C)OC(=O)[C@@H](CC(=O)c1nccc(OC)c1OCOC(C)=O)C(C)C. The predicted molar refractivity (Wildman–Crippen MR) is 146 cm³/mol. The maximum Gasteiger partial charge on any atom is 0.310 e. The van der Waals surface area contributed by atoms with E-state index in [1.54, 1.807) is 20.8 Å². The largest absolute Gasteiger partial charge is 0.493 e. The number of pyridine rings is 1. The lowest BCUT2D eigenvalue weighted by atomic mass is 9.89. The van der Waals surface area contributed by atoms with Crippen molar-refractivity contribution >= 4 is 17.7 Å². The first-order valence-corrected chi connectivity index (χ1v) is 13.6. The van der Waals surface area contributed by atoms with Crippen molar-refractivity contribution < 1.29 is 46.8 Å². The Balaban J connectivity index is 2.27. The minimum atomic E-state index is -0.868. The van der Waals surface area contributed by atoms with E-state index in [0.717, 1.165) is 18.2 Å². The normalized spacial score (nSPS) is 13.3. The number of aromatic nitrogens is 1. The molecule has 0 N–H and O–H groups in total. The molecule has 0 saturated carbocycles. The monoisotopic (exact) mass is 579 g/mol. The van der Waals surface area contributed by atoms with Gasteiger partial charge >= 0.3 is 11.9 Å². The molecular weight excluding hydrogens is 540 g/mol. The molecule has 0 saturated heterocycles. The molecule has 3 atom stereocenters. The molecule has 0 aliphatic carbocycles. The minimum Gasteiger partial charge on any atom is -0.493 e. The number of hydrogen-bond acceptors (Lipinski definition) is 9. The van der Waals surface area contributed by atoms with E-state index in [1.165, 1.54) is 26.3 Å². The number of carbonyl (C=O) groups excluding carboxylic acids is 3. The van der Waals surface area contributed by atoms with Gasteiger partial charge in [0, 0.05) is 31.7 Å². The molecule has 0 unspecified atom stereocenters. The van der Waals surface area contributed by atoms with Crippen molar-refractivity contribution in [2.45, 2.75) is 73.0 Å². The van der Waals surface area contributed by atoms with Crippen molar-refractivity contribution in [2.75, 3.05) is 13.9 Å². The fourth-order valence-electron chi connectivity index (χ4n) is 4.37. The molecule has 2 rings (SSSR count). The zero-order valence-corrected chi connectivity index (χ0v) is 24.6. The lowest BCUT2D eigenvalue weighted by Gasteiger charge is -2.32. The molecule has 2 aromatic rings. The molecule has 0 spiro atoms. The van der Waals surface area contributed by atoms with Gasteiger partial charge in [-0.1, -0.05) is 27.7 Å². The van der Waals surface area contributed by atoms with Crippen molar-refractivity contribution in [3.63, 3.8) is 0 Å². The summed E-state index contributed by atoms with van der Waals surface area (Å²) >= 11 is 0. The van der Waals surface area contributed by atoms with E-state index in [4.69, 9.17) is 23.7 Å². The number of hydrogen-bond donors (Lipinski definition) is 0. The number of Topliss-reactive ketones (excluding diaryl/α,β-unsaturated/α-hetero) is 1. The second kappa shape index (κ2) is 15.9. The first kappa shape index (κ1) is 33.4. The topological polar surface area (TPSA) is 110 Å². The number of ketones is 1. The molecule has 1 aromatic carbocycles. The van der Waals surface area contributed by atoms with E-state index in [9.17, 15) is 23.2 Å². The zero-order valence-electron chi connectivity index (χ0n) is 24.6. The summed E-state index contributed by atoms with van der Waals surface area (Å²) in [5, 5.41) is 0. The number of methoxy groups -OCH3 is 1. The van der Waals surface area contributed by atoms with Crippen molar-refractivity contribution in [1.29, 1.82) is 0 Å². The fourth-order valence-corrected chi connectivity index (χ4v) is 4.37. The molecule has 0 amide bonds. The molecule has 41 heavy (non-hydrogen) atoms. The van der Waals surface area contributed by atoms with E-state index < -0.39 is 54.3 Å². The average molecular weight is 580 g/mol. The summed E-state index contributed by atoms with van der Waals surface area (Å²) in [6, 6.07) is 4.40. The number of benzene rings is 1. The van der Waals surface area contributed by atoms with Crippen molar-refractivity contribution in [3.8, 4) is 17.2 Å². The van der Waals surface area contributed by atoms with Gasteiger partial charge in [-0.25, -0.2) is 13.8 Å². The van der Waals surface area contributed by atoms with Gasteiger partial charge in [0.05, 0.1) is 13.0 Å². The zero-order chi connectivity index (χ0) is 30.7. The molecule has 226 valence electrons. The van der Waals surface area contributed by atoms with Crippen LogP contribution in [0.5, 0.6) is 17.2 Å². The number of nitrogens with zero attached hydrogens (tertiary/aromatic N) is 1. The van der Waals surface area contributed by atoms with Crippen molar-refractivity contribution in [3.05, 3.63) is 47.8 Å². The lowest BCUT2D eigenvalue weighted by Crippen LogP contribution is -2.41. The Bertz CT molecular complexity index is 1190. The number of esters is 2. The second-order valence-corrected chi connectivity index (χ2v) is 9.94. The summed E-state index contributed by atoms with van der Waals surface area (Å²) in [6.45, 7) is 9.78. The summed E-state index contributed by atoms with van der Waals surface area (Å²) in [5.41, 5.74) is -0.0946. The highest BCUT2D eigenvalue weighted by Crippen LogP contribution is 2.33. The smallest absolute Gasteiger partial charge is 0.310 e. The Morgan fingerprint density at radius 2 is 1.68 bits per heavy atom. The third kappa shape index (κ3) is 9.40. The first-order chi connectivity index (χ1) is 19.4. The Kier molecular flexibility index (Phi) is 13.0. The summed E-state index contributed by atoms with van der Waals surface area (Å²) in [4.78, 5) is 42.0. The van der Waals surface area contributed by atoms with E-state index in [2.05, 4.69) is 4.98 Å². The van der Waals surface area contributed by atoms with Crippen LogP contribution in [0, 0.1) is 29.4 Å². The van der Waals surface area contributed by atoms with Crippen molar-refractivity contribution in [2.24, 2.45) is 17.8 Å². The lowest BCUT2D eigenvalue weighted by molar-refractivity contribution is -0.161. The van der Waals surface area contributed by atoms with Gasteiger partial charge in [0.15, 0.2) is 34.5 Å². The minimum absolute atomic E-state index is 0.0233. The maximum atomic E-state index is 14.4. The quantitative estimate of drug-likeness (QED) is 0.136. The highest BCUT2D eigenvalue weighted by molar-refractivity contribution is 5.99. The van der Waals surface area contributed by atoms with E-state index in [-0.39, 0.29) is 41.2 Å². The highest BCUT2D eigenvalue weighted by Gasteiger charge is 2.35. The third-order valence-corrected chi connectivity index (χ3v) is 6.77. The molecule has 0 radical (unpaired) electrons. The molecular formula is C30H39F2NO8. The highest BCUT2D eigenvalue weighted by atomic mass is 19.1. The molecule has 1 heterocycles. The van der Waals surface area contributed by atoms with Crippen LogP contribution in [0.4, 0.5) is 8.78 Å². The first-order valence-electron chi connectivity index (χ1n) is 13.6. The molecule has 0 aliphatic heterocycles. The predicted octanol–water partition coefficient (Wildman–Crippen LogP) is 5.93. The maximum absolute atomic E-state index is 14.4. The fraction of sp³-hybridized carbons (Fsp3) is 0.533. The molecule has 0 aliphatic rings.